The molecule has 2 heterocycles. The lowest BCUT2D eigenvalue weighted by Crippen LogP contribution is -2.31. The van der Waals surface area contributed by atoms with Crippen molar-refractivity contribution in [1.29, 1.82) is 0 Å². The van der Waals surface area contributed by atoms with Gasteiger partial charge in [0.1, 0.15) is 4.32 Å². The Labute approximate surface area is 233 Å². The number of hydrogen-bond donors (Lipinski definition) is 2. The molecule has 1 saturated heterocycles. The number of nitrogens with one attached hydrogen (secondary N) is 2. The van der Waals surface area contributed by atoms with E-state index in [9.17, 15) is 18.0 Å². The third-order valence-electron chi connectivity index (χ3n) is 5.14. The molecule has 14 heteroatoms. The molecule has 10 nitrogen and oxygen atoms in total. The van der Waals surface area contributed by atoms with Crippen LogP contribution in [-0.4, -0.2) is 53.3 Å². The topological polar surface area (TPSA) is 131 Å². The maximum atomic E-state index is 12.8. The van der Waals surface area contributed by atoms with Crippen molar-refractivity contribution in [3.63, 3.8) is 0 Å². The fourth-order valence-electron chi connectivity index (χ4n) is 3.24. The number of aromatic nitrogens is 2. The van der Waals surface area contributed by atoms with Crippen LogP contribution in [-0.2, 0) is 19.6 Å². The Bertz CT molecular complexity index is 1500. The SMILES string of the molecule is COc1ccc(NS(=O)(=O)c2ccc(NC(=O)CCN3C(=O)/C(=C/c4ccc(Cl)cc4)SC3=S)cc2)nn1. The number of benzene rings is 2. The second-order valence-electron chi connectivity index (χ2n) is 7.77. The van der Waals surface area contributed by atoms with Gasteiger partial charge in [-0.3, -0.25) is 19.2 Å². The minimum absolute atomic E-state index is 0.00158. The van der Waals surface area contributed by atoms with Crippen LogP contribution in [0.15, 0.2) is 70.5 Å². The van der Waals surface area contributed by atoms with Gasteiger partial charge in [-0.1, -0.05) is 47.7 Å². The Hall–Kier alpha value is -3.52. The molecule has 2 aromatic carbocycles. The lowest BCUT2D eigenvalue weighted by molar-refractivity contribution is -0.122. The van der Waals surface area contributed by atoms with Gasteiger partial charge in [-0.25, -0.2) is 8.42 Å². The van der Waals surface area contributed by atoms with Gasteiger partial charge in [0.05, 0.1) is 16.9 Å². The summed E-state index contributed by atoms with van der Waals surface area (Å²) in [6.45, 7) is 0.105. The lowest BCUT2D eigenvalue weighted by atomic mass is 10.2. The Balaban J connectivity index is 1.31. The lowest BCUT2D eigenvalue weighted by Gasteiger charge is -2.14. The number of ether oxygens (including phenoxy) is 1. The second-order valence-corrected chi connectivity index (χ2v) is 11.6. The van der Waals surface area contributed by atoms with Crippen molar-refractivity contribution in [3.8, 4) is 5.88 Å². The van der Waals surface area contributed by atoms with E-state index in [2.05, 4.69) is 20.2 Å². The van der Waals surface area contributed by atoms with Crippen LogP contribution in [0.25, 0.3) is 6.08 Å². The van der Waals surface area contributed by atoms with E-state index in [-0.39, 0.29) is 41.4 Å². The molecular weight excluding hydrogens is 570 g/mol. The number of amides is 2. The molecule has 2 amide bonds. The molecule has 1 fully saturated rings. The van der Waals surface area contributed by atoms with Crippen molar-refractivity contribution in [2.75, 3.05) is 23.7 Å². The molecule has 0 unspecified atom stereocenters. The van der Waals surface area contributed by atoms with Gasteiger partial charge in [-0.2, -0.15) is 0 Å². The molecule has 0 aliphatic carbocycles. The number of carbonyl (C=O) groups is 2. The third-order valence-corrected chi connectivity index (χ3v) is 8.14. The minimum atomic E-state index is -3.92. The summed E-state index contributed by atoms with van der Waals surface area (Å²) in [7, 11) is -2.50. The number of methoxy groups -OCH3 is 1. The summed E-state index contributed by atoms with van der Waals surface area (Å²) in [5, 5.41) is 10.7. The Morgan fingerprint density at radius 2 is 1.82 bits per heavy atom. The average Bonchev–Trinajstić information content (AvgIpc) is 3.16. The molecule has 0 spiro atoms. The van der Waals surface area contributed by atoms with Crippen LogP contribution in [0.3, 0.4) is 0 Å². The average molecular weight is 590 g/mol. The molecule has 0 saturated carbocycles. The van der Waals surface area contributed by atoms with Crippen molar-refractivity contribution in [3.05, 3.63) is 76.2 Å². The van der Waals surface area contributed by atoms with Crippen molar-refractivity contribution in [1.82, 2.24) is 15.1 Å². The van der Waals surface area contributed by atoms with E-state index in [1.54, 1.807) is 30.3 Å². The number of carbonyl (C=O) groups excluding carboxylic acids is 2. The predicted octanol–water partition coefficient (Wildman–Crippen LogP) is 4.17. The van der Waals surface area contributed by atoms with Crippen LogP contribution in [0.1, 0.15) is 12.0 Å². The minimum Gasteiger partial charge on any atom is -0.480 e. The normalized spacial score (nSPS) is 14.6. The van der Waals surface area contributed by atoms with E-state index in [1.165, 1.54) is 60.2 Å². The summed E-state index contributed by atoms with van der Waals surface area (Å²) >= 11 is 12.4. The van der Waals surface area contributed by atoms with Gasteiger partial charge in [0.25, 0.3) is 15.9 Å². The van der Waals surface area contributed by atoms with Crippen molar-refractivity contribution >= 4 is 79.3 Å². The number of anilines is 2. The molecule has 1 aromatic heterocycles. The smallest absolute Gasteiger partial charge is 0.266 e. The van der Waals surface area contributed by atoms with Crippen LogP contribution in [0.5, 0.6) is 5.88 Å². The predicted molar refractivity (Wildman–Crippen MR) is 150 cm³/mol. The van der Waals surface area contributed by atoms with E-state index in [1.807, 2.05) is 0 Å². The number of thioether (sulfide) groups is 1. The zero-order valence-corrected chi connectivity index (χ0v) is 23.0. The third kappa shape index (κ3) is 6.86. The molecule has 38 heavy (non-hydrogen) atoms. The van der Waals surface area contributed by atoms with Gasteiger partial charge in [0.2, 0.25) is 11.8 Å². The van der Waals surface area contributed by atoms with Crippen molar-refractivity contribution < 1.29 is 22.7 Å². The molecule has 2 N–H and O–H groups in total. The summed E-state index contributed by atoms with van der Waals surface area (Å²) in [6.07, 6.45) is 1.72. The number of halogens is 1. The molecule has 1 aliphatic rings. The Morgan fingerprint density at radius 3 is 2.45 bits per heavy atom. The van der Waals surface area contributed by atoms with Gasteiger partial charge in [-0.05, 0) is 54.1 Å². The number of sulfonamides is 1. The monoisotopic (exact) mass is 589 g/mol. The first-order valence-corrected chi connectivity index (χ1v) is 14.0. The Kier molecular flexibility index (Phi) is 8.62. The molecule has 0 radical (unpaired) electrons. The highest BCUT2D eigenvalue weighted by Crippen LogP contribution is 2.32. The molecule has 196 valence electrons. The van der Waals surface area contributed by atoms with E-state index in [0.29, 0.717) is 19.9 Å². The molecule has 0 atom stereocenters. The van der Waals surface area contributed by atoms with Crippen LogP contribution < -0.4 is 14.8 Å². The quantitative estimate of drug-likeness (QED) is 0.279. The van der Waals surface area contributed by atoms with Crippen LogP contribution in [0.4, 0.5) is 11.5 Å². The van der Waals surface area contributed by atoms with Crippen LogP contribution in [0.2, 0.25) is 5.02 Å². The Morgan fingerprint density at radius 1 is 1.11 bits per heavy atom. The number of rotatable bonds is 9. The summed E-state index contributed by atoms with van der Waals surface area (Å²) in [5.74, 6) is -0.353. The zero-order valence-electron chi connectivity index (χ0n) is 19.8. The first-order valence-electron chi connectivity index (χ1n) is 11.0. The fourth-order valence-corrected chi connectivity index (χ4v) is 5.67. The molecular formula is C24H20ClN5O5S3. The zero-order chi connectivity index (χ0) is 27.3. The van der Waals surface area contributed by atoms with Crippen LogP contribution >= 0.6 is 35.6 Å². The van der Waals surface area contributed by atoms with E-state index in [0.717, 1.165) is 5.56 Å². The van der Waals surface area contributed by atoms with Gasteiger partial charge < -0.3 is 10.1 Å². The first kappa shape index (κ1) is 27.5. The highest BCUT2D eigenvalue weighted by Gasteiger charge is 2.32. The highest BCUT2D eigenvalue weighted by molar-refractivity contribution is 8.26. The number of thiocarbonyl (C=S) groups is 1. The molecule has 4 rings (SSSR count). The summed E-state index contributed by atoms with van der Waals surface area (Å²) < 4.78 is 32.8. The number of nitrogens with zero attached hydrogens (tertiary/aromatic N) is 3. The largest absolute Gasteiger partial charge is 0.480 e. The van der Waals surface area contributed by atoms with Gasteiger partial charge in [0.15, 0.2) is 5.82 Å². The van der Waals surface area contributed by atoms with Crippen LogP contribution in [0, 0.1) is 0 Å². The summed E-state index contributed by atoms with van der Waals surface area (Å²) in [6, 6.07) is 15.5. The molecule has 0 bridgehead atoms. The van der Waals surface area contributed by atoms with E-state index >= 15 is 0 Å². The van der Waals surface area contributed by atoms with Gasteiger partial charge >= 0.3 is 0 Å². The summed E-state index contributed by atoms with van der Waals surface area (Å²) in [4.78, 5) is 27.1. The molecule has 1 aliphatic heterocycles. The van der Waals surface area contributed by atoms with Gasteiger partial charge in [0, 0.05) is 29.7 Å². The maximum Gasteiger partial charge on any atom is 0.266 e. The van der Waals surface area contributed by atoms with Gasteiger partial charge in [-0.15, -0.1) is 10.2 Å². The highest BCUT2D eigenvalue weighted by atomic mass is 35.5. The fraction of sp³-hybridized carbons (Fsp3) is 0.125. The molecule has 3 aromatic rings. The number of hydrogen-bond acceptors (Lipinski definition) is 9. The maximum absolute atomic E-state index is 12.8. The van der Waals surface area contributed by atoms with E-state index < -0.39 is 10.0 Å². The summed E-state index contributed by atoms with van der Waals surface area (Å²) in [5.41, 5.74) is 1.21. The van der Waals surface area contributed by atoms with Crippen molar-refractivity contribution in [2.45, 2.75) is 11.3 Å². The second kappa shape index (κ2) is 11.9. The first-order chi connectivity index (χ1) is 18.1. The van der Waals surface area contributed by atoms with E-state index in [4.69, 9.17) is 28.6 Å². The van der Waals surface area contributed by atoms with Crippen molar-refractivity contribution in [2.24, 2.45) is 0 Å². The standard InChI is InChI=1S/C24H20ClN5O5S3/c1-35-22-11-10-20(27-28-22)29-38(33,34)18-8-6-17(7-9-18)26-21(31)12-13-30-23(32)19(37-24(30)36)14-15-2-4-16(25)5-3-15/h2-11,14H,12-13H2,1H3,(H,26,31)(H,27,29)/b19-14-.